The van der Waals surface area contributed by atoms with Crippen LogP contribution in [0.3, 0.4) is 0 Å². The third-order valence-electron chi connectivity index (χ3n) is 3.56. The van der Waals surface area contributed by atoms with E-state index < -0.39 is 18.2 Å². The van der Waals surface area contributed by atoms with Gasteiger partial charge in [-0.1, -0.05) is 51.1 Å². The maximum atomic E-state index is 12.3. The van der Waals surface area contributed by atoms with Crippen LogP contribution in [0.2, 0.25) is 0 Å². The van der Waals surface area contributed by atoms with Gasteiger partial charge in [0, 0.05) is 18.0 Å². The number of nitrogens with one attached hydrogen (secondary N) is 1. The summed E-state index contributed by atoms with van der Waals surface area (Å²) in [6, 6.07) is 9.86. The van der Waals surface area contributed by atoms with Crippen LogP contribution in [0.25, 0.3) is 0 Å². The summed E-state index contributed by atoms with van der Waals surface area (Å²) in [5.41, 5.74) is 0.555. The Morgan fingerprint density at radius 1 is 1.10 bits per heavy atom. The van der Waals surface area contributed by atoms with E-state index in [1.165, 1.54) is 0 Å². The first-order valence-electron chi connectivity index (χ1n) is 7.22. The van der Waals surface area contributed by atoms with Gasteiger partial charge < -0.3 is 10.1 Å². The fourth-order valence-electron chi connectivity index (χ4n) is 2.22. The monoisotopic (exact) mass is 303 g/mol. The minimum atomic E-state index is -4.29. The van der Waals surface area contributed by atoms with Gasteiger partial charge in [0.15, 0.2) is 0 Å². The van der Waals surface area contributed by atoms with Gasteiger partial charge in [0.2, 0.25) is 0 Å². The number of hydrogen-bond acceptors (Lipinski definition) is 2. The lowest BCUT2D eigenvalue weighted by atomic mass is 9.78. The molecule has 1 aromatic rings. The lowest BCUT2D eigenvalue weighted by Gasteiger charge is -2.34. The summed E-state index contributed by atoms with van der Waals surface area (Å²) in [5, 5.41) is 3.32. The van der Waals surface area contributed by atoms with E-state index in [-0.39, 0.29) is 12.6 Å². The van der Waals surface area contributed by atoms with E-state index in [1.807, 2.05) is 51.1 Å². The lowest BCUT2D eigenvalue weighted by molar-refractivity contribution is -0.177. The van der Waals surface area contributed by atoms with E-state index in [0.717, 1.165) is 5.56 Å². The lowest BCUT2D eigenvalue weighted by Crippen LogP contribution is -2.44. The molecule has 1 N–H and O–H groups in total. The average molecular weight is 303 g/mol. The van der Waals surface area contributed by atoms with Crippen LogP contribution in [0.4, 0.5) is 13.2 Å². The van der Waals surface area contributed by atoms with E-state index in [0.29, 0.717) is 13.0 Å². The van der Waals surface area contributed by atoms with Crippen LogP contribution in [0.15, 0.2) is 30.3 Å². The Bertz CT molecular complexity index is 406. The van der Waals surface area contributed by atoms with Crippen molar-refractivity contribution in [3.8, 4) is 0 Å². The molecule has 0 fully saturated rings. The van der Waals surface area contributed by atoms with Crippen LogP contribution in [0.1, 0.15) is 32.8 Å². The van der Waals surface area contributed by atoms with Crippen LogP contribution in [0.5, 0.6) is 0 Å². The van der Waals surface area contributed by atoms with Crippen molar-refractivity contribution in [2.45, 2.75) is 44.8 Å². The zero-order chi connectivity index (χ0) is 15.9. The molecule has 1 atom stereocenters. The molecule has 0 heterocycles. The molecule has 1 rings (SSSR count). The quantitative estimate of drug-likeness (QED) is 0.786. The largest absolute Gasteiger partial charge is 0.411 e. The van der Waals surface area contributed by atoms with E-state index in [2.05, 4.69) is 5.32 Å². The highest BCUT2D eigenvalue weighted by Crippen LogP contribution is 2.29. The second-order valence-electron chi connectivity index (χ2n) is 5.64. The topological polar surface area (TPSA) is 21.3 Å². The van der Waals surface area contributed by atoms with Crippen LogP contribution in [-0.4, -0.2) is 32.0 Å². The maximum absolute atomic E-state index is 12.3. The summed E-state index contributed by atoms with van der Waals surface area (Å²) < 4.78 is 41.9. The molecule has 0 saturated heterocycles. The molecule has 0 saturated carbocycles. The van der Waals surface area contributed by atoms with Crippen molar-refractivity contribution < 1.29 is 17.9 Å². The predicted molar refractivity (Wildman–Crippen MR) is 78.4 cm³/mol. The normalized spacial score (nSPS) is 15.2. The maximum Gasteiger partial charge on any atom is 0.411 e. The average Bonchev–Trinajstić information content (AvgIpc) is 2.42. The van der Waals surface area contributed by atoms with Crippen molar-refractivity contribution in [1.82, 2.24) is 5.32 Å². The second-order valence-corrected chi connectivity index (χ2v) is 5.64. The molecular weight excluding hydrogens is 279 g/mol. The summed E-state index contributed by atoms with van der Waals surface area (Å²) in [4.78, 5) is 0. The molecule has 0 aliphatic carbocycles. The standard InChI is InChI=1S/C16H24F3NO/c1-4-15(10-20-13(2)3,11-21-12-16(17,18)19)14-8-6-5-7-9-14/h5-9,13,20H,4,10-12H2,1-3H3. The van der Waals surface area contributed by atoms with Gasteiger partial charge in [0.25, 0.3) is 0 Å². The molecule has 1 unspecified atom stereocenters. The molecule has 0 spiro atoms. The molecule has 120 valence electrons. The summed E-state index contributed by atoms with van der Waals surface area (Å²) in [6.45, 7) is 5.44. The van der Waals surface area contributed by atoms with Crippen LogP contribution >= 0.6 is 0 Å². The number of benzene rings is 1. The molecule has 0 amide bonds. The number of rotatable bonds is 8. The Hall–Kier alpha value is -1.07. The van der Waals surface area contributed by atoms with Gasteiger partial charge in [-0.2, -0.15) is 13.2 Å². The van der Waals surface area contributed by atoms with Crippen molar-refractivity contribution in [2.75, 3.05) is 19.8 Å². The Morgan fingerprint density at radius 3 is 2.19 bits per heavy atom. The number of alkyl halides is 3. The molecule has 0 radical (unpaired) electrons. The van der Waals surface area contributed by atoms with Gasteiger partial charge >= 0.3 is 6.18 Å². The molecule has 0 bridgehead atoms. The first-order chi connectivity index (χ1) is 9.79. The van der Waals surface area contributed by atoms with Crippen LogP contribution < -0.4 is 5.32 Å². The summed E-state index contributed by atoms with van der Waals surface area (Å²) in [7, 11) is 0. The molecule has 21 heavy (non-hydrogen) atoms. The van der Waals surface area contributed by atoms with Crippen LogP contribution in [0, 0.1) is 0 Å². The van der Waals surface area contributed by atoms with Gasteiger partial charge in [0.1, 0.15) is 6.61 Å². The Labute approximate surface area is 124 Å². The molecule has 2 nitrogen and oxygen atoms in total. The smallest absolute Gasteiger partial charge is 0.371 e. The molecule has 0 aliphatic rings. The fourth-order valence-corrected chi connectivity index (χ4v) is 2.22. The number of halogens is 3. The van der Waals surface area contributed by atoms with Gasteiger partial charge in [-0.25, -0.2) is 0 Å². The molecule has 1 aromatic carbocycles. The molecular formula is C16H24F3NO. The Kier molecular flexibility index (Phi) is 6.68. The Morgan fingerprint density at radius 2 is 1.71 bits per heavy atom. The first kappa shape index (κ1) is 18.0. The molecule has 5 heteroatoms. The summed E-state index contributed by atoms with van der Waals surface area (Å²) in [6.07, 6.45) is -3.59. The zero-order valence-electron chi connectivity index (χ0n) is 12.8. The summed E-state index contributed by atoms with van der Waals surface area (Å²) in [5.74, 6) is 0. The van der Waals surface area contributed by atoms with Crippen molar-refractivity contribution in [2.24, 2.45) is 0 Å². The third-order valence-corrected chi connectivity index (χ3v) is 3.56. The van der Waals surface area contributed by atoms with E-state index in [9.17, 15) is 13.2 Å². The first-order valence-corrected chi connectivity index (χ1v) is 7.22. The van der Waals surface area contributed by atoms with Gasteiger partial charge in [-0.3, -0.25) is 0 Å². The molecule has 0 aromatic heterocycles. The number of hydrogen-bond donors (Lipinski definition) is 1. The second kappa shape index (κ2) is 7.80. The van der Waals surface area contributed by atoms with Crippen LogP contribution in [-0.2, 0) is 10.2 Å². The van der Waals surface area contributed by atoms with Crippen molar-refractivity contribution in [1.29, 1.82) is 0 Å². The van der Waals surface area contributed by atoms with Crippen molar-refractivity contribution >= 4 is 0 Å². The van der Waals surface area contributed by atoms with Crippen molar-refractivity contribution in [3.63, 3.8) is 0 Å². The predicted octanol–water partition coefficient (Wildman–Crippen LogP) is 3.91. The fraction of sp³-hybridized carbons (Fsp3) is 0.625. The summed E-state index contributed by atoms with van der Waals surface area (Å²) >= 11 is 0. The SMILES string of the molecule is CCC(CNC(C)C)(COCC(F)(F)F)c1ccccc1. The highest BCUT2D eigenvalue weighted by molar-refractivity contribution is 5.26. The minimum Gasteiger partial charge on any atom is -0.371 e. The minimum absolute atomic E-state index is 0.0484. The van der Waals surface area contributed by atoms with Gasteiger partial charge in [-0.15, -0.1) is 0 Å². The van der Waals surface area contributed by atoms with Gasteiger partial charge in [0.05, 0.1) is 6.61 Å². The van der Waals surface area contributed by atoms with Crippen molar-refractivity contribution in [3.05, 3.63) is 35.9 Å². The zero-order valence-corrected chi connectivity index (χ0v) is 12.8. The number of ether oxygens (including phenoxy) is 1. The van der Waals surface area contributed by atoms with E-state index >= 15 is 0 Å². The van der Waals surface area contributed by atoms with Gasteiger partial charge in [-0.05, 0) is 12.0 Å². The van der Waals surface area contributed by atoms with E-state index in [4.69, 9.17) is 4.74 Å². The molecule has 0 aliphatic heterocycles. The highest BCUT2D eigenvalue weighted by atomic mass is 19.4. The van der Waals surface area contributed by atoms with E-state index in [1.54, 1.807) is 0 Å². The third kappa shape index (κ3) is 6.06. The Balaban J connectivity index is 2.86. The highest BCUT2D eigenvalue weighted by Gasteiger charge is 2.34.